The van der Waals surface area contributed by atoms with Gasteiger partial charge >= 0.3 is 0 Å². The van der Waals surface area contributed by atoms with Crippen molar-refractivity contribution in [1.82, 2.24) is 15.2 Å². The summed E-state index contributed by atoms with van der Waals surface area (Å²) in [6, 6.07) is 0. The van der Waals surface area contributed by atoms with E-state index in [9.17, 15) is 8.42 Å². The molecule has 3 N–H and O–H groups in total. The summed E-state index contributed by atoms with van der Waals surface area (Å²) in [5.41, 5.74) is 0. The van der Waals surface area contributed by atoms with Crippen LogP contribution in [0.25, 0.3) is 0 Å². The Morgan fingerprint density at radius 3 is 2.94 bits per heavy atom. The molecule has 1 aliphatic heterocycles. The van der Waals surface area contributed by atoms with Crippen LogP contribution in [-0.4, -0.2) is 36.3 Å². The number of hydrogen-bond acceptors (Lipinski definition) is 5. The highest BCUT2D eigenvalue weighted by Crippen LogP contribution is 2.30. The first-order chi connectivity index (χ1) is 7.52. The van der Waals surface area contributed by atoms with E-state index >= 15 is 0 Å². The molecule has 2 unspecified atom stereocenters. The summed E-state index contributed by atoms with van der Waals surface area (Å²) in [7, 11) is -3.83. The number of aromatic nitrogens is 3. The summed E-state index contributed by atoms with van der Waals surface area (Å²) >= 11 is 0. The molecular formula is C8H14N4O3S. The summed E-state index contributed by atoms with van der Waals surface area (Å²) in [4.78, 5) is 3.90. The minimum Gasteiger partial charge on any atom is -0.377 e. The molecule has 8 heteroatoms. The highest BCUT2D eigenvalue weighted by Gasteiger charge is 2.31. The van der Waals surface area contributed by atoms with Gasteiger partial charge in [-0.15, -0.1) is 5.10 Å². The monoisotopic (exact) mass is 246 g/mol. The molecular weight excluding hydrogens is 232 g/mol. The smallest absolute Gasteiger partial charge is 0.282 e. The second kappa shape index (κ2) is 4.11. The number of rotatable bonds is 3. The second-order valence-corrected chi connectivity index (χ2v) is 5.22. The first kappa shape index (κ1) is 11.5. The molecule has 0 aliphatic carbocycles. The van der Waals surface area contributed by atoms with Crippen molar-refractivity contribution in [3.8, 4) is 0 Å². The first-order valence-corrected chi connectivity index (χ1v) is 6.63. The van der Waals surface area contributed by atoms with E-state index in [4.69, 9.17) is 9.88 Å². The summed E-state index contributed by atoms with van der Waals surface area (Å²) in [6.07, 6.45) is 1.75. The summed E-state index contributed by atoms with van der Waals surface area (Å²) in [6.45, 7) is 2.68. The molecule has 1 aromatic rings. The molecule has 1 fully saturated rings. The van der Waals surface area contributed by atoms with Gasteiger partial charge in [0.15, 0.2) is 0 Å². The Morgan fingerprint density at radius 2 is 2.38 bits per heavy atom. The van der Waals surface area contributed by atoms with E-state index in [-0.39, 0.29) is 17.2 Å². The van der Waals surface area contributed by atoms with Gasteiger partial charge in [-0.3, -0.25) is 5.10 Å². The molecule has 2 atom stereocenters. The van der Waals surface area contributed by atoms with Gasteiger partial charge in [0, 0.05) is 12.5 Å². The molecule has 16 heavy (non-hydrogen) atoms. The van der Waals surface area contributed by atoms with E-state index in [1.165, 1.54) is 0 Å². The molecule has 7 nitrogen and oxygen atoms in total. The van der Waals surface area contributed by atoms with Crippen LogP contribution in [0.15, 0.2) is 5.16 Å². The number of H-pyrrole nitrogens is 1. The zero-order chi connectivity index (χ0) is 11.8. The van der Waals surface area contributed by atoms with Crippen LogP contribution in [0.5, 0.6) is 0 Å². The number of ether oxygens (including phenoxy) is 1. The Labute approximate surface area is 93.4 Å². The number of nitrogens with two attached hydrogens (primary N) is 1. The Hall–Kier alpha value is -0.990. The summed E-state index contributed by atoms with van der Waals surface area (Å²) < 4.78 is 27.5. The van der Waals surface area contributed by atoms with Crippen LogP contribution < -0.4 is 5.14 Å². The van der Waals surface area contributed by atoms with Gasteiger partial charge in [0.05, 0.1) is 6.10 Å². The zero-order valence-corrected chi connectivity index (χ0v) is 9.70. The maximum Gasteiger partial charge on any atom is 0.282 e. The minimum absolute atomic E-state index is 0.0706. The van der Waals surface area contributed by atoms with E-state index in [2.05, 4.69) is 15.2 Å². The van der Waals surface area contributed by atoms with Crippen molar-refractivity contribution in [1.29, 1.82) is 0 Å². The van der Waals surface area contributed by atoms with Crippen molar-refractivity contribution in [3.63, 3.8) is 0 Å². The second-order valence-electron chi connectivity index (χ2n) is 3.76. The Balaban J connectivity index is 2.25. The van der Waals surface area contributed by atoms with Gasteiger partial charge in [-0.05, 0) is 12.8 Å². The number of sulfonamides is 1. The third-order valence-electron chi connectivity index (χ3n) is 2.70. The van der Waals surface area contributed by atoms with Gasteiger partial charge in [-0.2, -0.15) is 0 Å². The SMILES string of the molecule is CCC1OCCC1c1nc(S(N)(=O)=O)n[nH]1. The van der Waals surface area contributed by atoms with E-state index in [0.717, 1.165) is 12.8 Å². The van der Waals surface area contributed by atoms with Crippen LogP contribution in [0.4, 0.5) is 0 Å². The molecule has 0 bridgehead atoms. The lowest BCUT2D eigenvalue weighted by Gasteiger charge is -2.13. The standard InChI is InChI=1S/C8H14N4O3S/c1-2-6-5(3-4-15-6)7-10-8(12-11-7)16(9,13)14/h5-6H,2-4H2,1H3,(H2,9,13,14)(H,10,11,12). The molecule has 0 spiro atoms. The topological polar surface area (TPSA) is 111 Å². The Bertz CT molecular complexity index is 469. The largest absolute Gasteiger partial charge is 0.377 e. The van der Waals surface area contributed by atoms with Gasteiger partial charge in [0.1, 0.15) is 5.82 Å². The van der Waals surface area contributed by atoms with E-state index in [1.54, 1.807) is 0 Å². The third kappa shape index (κ3) is 2.08. The van der Waals surface area contributed by atoms with E-state index < -0.39 is 10.0 Å². The van der Waals surface area contributed by atoms with Gasteiger partial charge in [0.25, 0.3) is 15.2 Å². The van der Waals surface area contributed by atoms with Crippen molar-refractivity contribution in [2.45, 2.75) is 36.9 Å². The van der Waals surface area contributed by atoms with Crippen LogP contribution in [0.3, 0.4) is 0 Å². The lowest BCUT2D eigenvalue weighted by molar-refractivity contribution is 0.0994. The van der Waals surface area contributed by atoms with Crippen molar-refractivity contribution >= 4 is 10.0 Å². The Morgan fingerprint density at radius 1 is 1.62 bits per heavy atom. The average Bonchev–Trinajstić information content (AvgIpc) is 2.84. The summed E-state index contributed by atoms with van der Waals surface area (Å²) in [5.74, 6) is 0.612. The number of nitrogens with zero attached hydrogens (tertiary/aromatic N) is 2. The molecule has 2 heterocycles. The minimum atomic E-state index is -3.83. The fourth-order valence-corrected chi connectivity index (χ4v) is 2.31. The molecule has 0 amide bonds. The average molecular weight is 246 g/mol. The van der Waals surface area contributed by atoms with Gasteiger partial charge in [0.2, 0.25) is 0 Å². The third-order valence-corrected chi connectivity index (χ3v) is 3.39. The molecule has 0 radical (unpaired) electrons. The van der Waals surface area contributed by atoms with Crippen LogP contribution in [0.2, 0.25) is 0 Å². The van der Waals surface area contributed by atoms with Gasteiger partial charge in [-0.1, -0.05) is 6.92 Å². The van der Waals surface area contributed by atoms with Gasteiger partial charge in [-0.25, -0.2) is 18.5 Å². The number of hydrogen-bond donors (Lipinski definition) is 2. The predicted molar refractivity (Wildman–Crippen MR) is 55.1 cm³/mol. The van der Waals surface area contributed by atoms with Crippen LogP contribution >= 0.6 is 0 Å². The van der Waals surface area contributed by atoms with Crippen molar-refractivity contribution in [2.75, 3.05) is 6.61 Å². The fourth-order valence-electron chi connectivity index (χ4n) is 1.91. The van der Waals surface area contributed by atoms with E-state index in [1.807, 2.05) is 6.92 Å². The van der Waals surface area contributed by atoms with Crippen molar-refractivity contribution in [3.05, 3.63) is 5.82 Å². The lowest BCUT2D eigenvalue weighted by Crippen LogP contribution is -2.16. The molecule has 2 rings (SSSR count). The Kier molecular flexibility index (Phi) is 2.96. The van der Waals surface area contributed by atoms with Crippen LogP contribution in [-0.2, 0) is 14.8 Å². The van der Waals surface area contributed by atoms with E-state index in [0.29, 0.717) is 12.4 Å². The van der Waals surface area contributed by atoms with Gasteiger partial charge < -0.3 is 4.74 Å². The number of nitrogens with one attached hydrogen (secondary N) is 1. The molecule has 1 aliphatic rings. The first-order valence-electron chi connectivity index (χ1n) is 5.09. The van der Waals surface area contributed by atoms with Crippen molar-refractivity contribution < 1.29 is 13.2 Å². The fraction of sp³-hybridized carbons (Fsp3) is 0.750. The maximum atomic E-state index is 11.0. The quantitative estimate of drug-likeness (QED) is 0.763. The maximum absolute atomic E-state index is 11.0. The van der Waals surface area contributed by atoms with Crippen LogP contribution in [0.1, 0.15) is 31.5 Å². The van der Waals surface area contributed by atoms with Crippen molar-refractivity contribution in [2.24, 2.45) is 5.14 Å². The lowest BCUT2D eigenvalue weighted by atomic mass is 9.99. The molecule has 1 aromatic heterocycles. The predicted octanol–water partition coefficient (Wildman–Crippen LogP) is -0.265. The summed E-state index contributed by atoms with van der Waals surface area (Å²) in [5, 5.41) is 10.8. The molecule has 0 aromatic carbocycles. The molecule has 1 saturated heterocycles. The highest BCUT2D eigenvalue weighted by atomic mass is 32.2. The van der Waals surface area contributed by atoms with Crippen LogP contribution in [0, 0.1) is 0 Å². The molecule has 90 valence electrons. The normalized spacial score (nSPS) is 26.1. The highest BCUT2D eigenvalue weighted by molar-refractivity contribution is 7.89. The zero-order valence-electron chi connectivity index (χ0n) is 8.88. The molecule has 0 saturated carbocycles. The number of aromatic amines is 1. The number of primary sulfonamides is 1.